The van der Waals surface area contributed by atoms with E-state index in [1.165, 1.54) is 36.0 Å². The number of benzene rings is 1. The highest BCUT2D eigenvalue weighted by molar-refractivity contribution is 5.16. The molecule has 0 spiro atoms. The fourth-order valence-electron chi connectivity index (χ4n) is 1.69. The van der Waals surface area contributed by atoms with Crippen LogP contribution in [0.2, 0.25) is 0 Å². The van der Waals surface area contributed by atoms with Gasteiger partial charge >= 0.3 is 5.69 Å². The van der Waals surface area contributed by atoms with E-state index in [1.54, 1.807) is 12.1 Å². The zero-order chi connectivity index (χ0) is 13.1. The molecule has 0 bridgehead atoms. The van der Waals surface area contributed by atoms with Crippen molar-refractivity contribution in [3.05, 3.63) is 68.7 Å². The highest BCUT2D eigenvalue weighted by Crippen LogP contribution is 2.03. The van der Waals surface area contributed by atoms with Crippen LogP contribution in [-0.2, 0) is 20.0 Å². The molecule has 2 aromatic rings. The van der Waals surface area contributed by atoms with Crippen LogP contribution in [-0.4, -0.2) is 9.13 Å². The van der Waals surface area contributed by atoms with Crippen molar-refractivity contribution in [3.8, 4) is 0 Å². The average molecular weight is 248 g/mol. The molecule has 0 fully saturated rings. The van der Waals surface area contributed by atoms with E-state index in [-0.39, 0.29) is 17.1 Å². The van der Waals surface area contributed by atoms with E-state index in [0.29, 0.717) is 13.0 Å². The average Bonchev–Trinajstić information content (AvgIpc) is 2.37. The first kappa shape index (κ1) is 12.3. The van der Waals surface area contributed by atoms with Gasteiger partial charge in [0.2, 0.25) is 0 Å². The first-order valence-corrected chi connectivity index (χ1v) is 5.59. The molecule has 0 atom stereocenters. The predicted octanol–water partition coefficient (Wildman–Crippen LogP) is 0.929. The van der Waals surface area contributed by atoms with E-state index in [1.807, 2.05) is 0 Å². The van der Waals surface area contributed by atoms with Gasteiger partial charge in [0.25, 0.3) is 5.56 Å². The Balaban J connectivity index is 2.16. The fourth-order valence-corrected chi connectivity index (χ4v) is 1.69. The molecule has 1 aromatic heterocycles. The van der Waals surface area contributed by atoms with Crippen LogP contribution in [0.3, 0.4) is 0 Å². The molecule has 0 saturated heterocycles. The van der Waals surface area contributed by atoms with Gasteiger partial charge in [0.05, 0.1) is 0 Å². The minimum absolute atomic E-state index is 0.280. The molecule has 0 aliphatic rings. The van der Waals surface area contributed by atoms with Crippen LogP contribution in [0, 0.1) is 5.82 Å². The first-order chi connectivity index (χ1) is 8.58. The summed E-state index contributed by atoms with van der Waals surface area (Å²) in [6.07, 6.45) is 2.09. The standard InChI is InChI=1S/C13H13FN2O2/c1-15-12(17)7-9-16(13(15)18)8-6-10-2-4-11(14)5-3-10/h2-5,7,9H,6,8H2,1H3. The van der Waals surface area contributed by atoms with Gasteiger partial charge in [-0.2, -0.15) is 0 Å². The van der Waals surface area contributed by atoms with Gasteiger partial charge in [-0.1, -0.05) is 12.1 Å². The van der Waals surface area contributed by atoms with Crippen molar-refractivity contribution in [1.82, 2.24) is 9.13 Å². The highest BCUT2D eigenvalue weighted by Gasteiger charge is 2.01. The number of aromatic nitrogens is 2. The monoisotopic (exact) mass is 248 g/mol. The second kappa shape index (κ2) is 5.00. The summed E-state index contributed by atoms with van der Waals surface area (Å²) in [6.45, 7) is 0.457. The van der Waals surface area contributed by atoms with Crippen LogP contribution in [0.1, 0.15) is 5.56 Å². The Hall–Kier alpha value is -2.17. The lowest BCUT2D eigenvalue weighted by atomic mass is 10.1. The number of rotatable bonds is 3. The van der Waals surface area contributed by atoms with E-state index in [2.05, 4.69) is 0 Å². The van der Waals surface area contributed by atoms with Crippen molar-refractivity contribution in [1.29, 1.82) is 0 Å². The van der Waals surface area contributed by atoms with Crippen molar-refractivity contribution in [2.45, 2.75) is 13.0 Å². The molecule has 5 heteroatoms. The number of aryl methyl sites for hydroxylation is 2. The zero-order valence-electron chi connectivity index (χ0n) is 9.97. The second-order valence-electron chi connectivity index (χ2n) is 4.07. The van der Waals surface area contributed by atoms with Crippen LogP contribution >= 0.6 is 0 Å². The van der Waals surface area contributed by atoms with Crippen LogP contribution in [0.5, 0.6) is 0 Å². The Morgan fingerprint density at radius 2 is 1.78 bits per heavy atom. The largest absolute Gasteiger partial charge is 0.330 e. The van der Waals surface area contributed by atoms with Crippen LogP contribution < -0.4 is 11.2 Å². The van der Waals surface area contributed by atoms with Crippen molar-refractivity contribution in [2.24, 2.45) is 7.05 Å². The molecule has 0 aliphatic heterocycles. The van der Waals surface area contributed by atoms with Gasteiger partial charge in [0, 0.05) is 25.9 Å². The molecule has 1 aromatic carbocycles. The number of halogens is 1. The molecule has 0 amide bonds. The lowest BCUT2D eigenvalue weighted by Crippen LogP contribution is -2.37. The maximum absolute atomic E-state index is 12.7. The molecule has 0 aliphatic carbocycles. The summed E-state index contributed by atoms with van der Waals surface area (Å²) >= 11 is 0. The maximum Gasteiger partial charge on any atom is 0.330 e. The Labute approximate surface area is 103 Å². The Kier molecular flexibility index (Phi) is 3.41. The summed E-state index contributed by atoms with van der Waals surface area (Å²) in [5.41, 5.74) is 0.278. The molecular formula is C13H13FN2O2. The molecule has 2 rings (SSSR count). The number of hydrogen-bond acceptors (Lipinski definition) is 2. The molecule has 0 radical (unpaired) electrons. The third-order valence-corrected chi connectivity index (χ3v) is 2.81. The normalized spacial score (nSPS) is 10.6. The van der Waals surface area contributed by atoms with E-state index in [9.17, 15) is 14.0 Å². The van der Waals surface area contributed by atoms with Gasteiger partial charge in [-0.25, -0.2) is 9.18 Å². The lowest BCUT2D eigenvalue weighted by Gasteiger charge is -2.06. The molecule has 1 heterocycles. The van der Waals surface area contributed by atoms with Crippen LogP contribution in [0.15, 0.2) is 46.1 Å². The highest BCUT2D eigenvalue weighted by atomic mass is 19.1. The number of hydrogen-bond donors (Lipinski definition) is 0. The Bertz CT molecular complexity index is 656. The van der Waals surface area contributed by atoms with E-state index < -0.39 is 0 Å². The van der Waals surface area contributed by atoms with Gasteiger partial charge in [-0.3, -0.25) is 9.36 Å². The quantitative estimate of drug-likeness (QED) is 0.811. The lowest BCUT2D eigenvalue weighted by molar-refractivity contribution is 0.597. The molecule has 94 valence electrons. The Morgan fingerprint density at radius 1 is 1.11 bits per heavy atom. The van der Waals surface area contributed by atoms with Gasteiger partial charge in [0.1, 0.15) is 5.82 Å². The van der Waals surface area contributed by atoms with Crippen LogP contribution in [0.4, 0.5) is 4.39 Å². The van der Waals surface area contributed by atoms with Gasteiger partial charge in [0.15, 0.2) is 0 Å². The zero-order valence-corrected chi connectivity index (χ0v) is 9.97. The Morgan fingerprint density at radius 3 is 2.44 bits per heavy atom. The maximum atomic E-state index is 12.7. The first-order valence-electron chi connectivity index (χ1n) is 5.59. The minimum Gasteiger partial charge on any atom is -0.300 e. The van der Waals surface area contributed by atoms with Gasteiger partial charge < -0.3 is 4.57 Å². The molecule has 4 nitrogen and oxygen atoms in total. The second-order valence-corrected chi connectivity index (χ2v) is 4.07. The molecule has 0 N–H and O–H groups in total. The smallest absolute Gasteiger partial charge is 0.300 e. The summed E-state index contributed by atoms with van der Waals surface area (Å²) in [6, 6.07) is 7.49. The van der Waals surface area contributed by atoms with Crippen molar-refractivity contribution in [2.75, 3.05) is 0 Å². The minimum atomic E-state index is -0.343. The van der Waals surface area contributed by atoms with Crippen LogP contribution in [0.25, 0.3) is 0 Å². The fraction of sp³-hybridized carbons (Fsp3) is 0.231. The van der Waals surface area contributed by atoms with Gasteiger partial charge in [-0.05, 0) is 24.1 Å². The summed E-state index contributed by atoms with van der Waals surface area (Å²) in [5.74, 6) is -0.280. The predicted molar refractivity (Wildman–Crippen MR) is 66.0 cm³/mol. The van der Waals surface area contributed by atoms with E-state index in [4.69, 9.17) is 0 Å². The van der Waals surface area contributed by atoms with E-state index in [0.717, 1.165) is 10.1 Å². The molecule has 0 unspecified atom stereocenters. The molecule has 18 heavy (non-hydrogen) atoms. The summed E-state index contributed by atoms with van der Waals surface area (Å²) in [5, 5.41) is 0. The molecule has 0 saturated carbocycles. The molecular weight excluding hydrogens is 235 g/mol. The van der Waals surface area contributed by atoms with E-state index >= 15 is 0 Å². The van der Waals surface area contributed by atoms with Crippen molar-refractivity contribution in [3.63, 3.8) is 0 Å². The third kappa shape index (κ3) is 2.56. The third-order valence-electron chi connectivity index (χ3n) is 2.81. The summed E-state index contributed by atoms with van der Waals surface area (Å²) in [4.78, 5) is 22.9. The van der Waals surface area contributed by atoms with Crippen molar-refractivity contribution >= 4 is 0 Å². The van der Waals surface area contributed by atoms with Gasteiger partial charge in [-0.15, -0.1) is 0 Å². The topological polar surface area (TPSA) is 44.0 Å². The SMILES string of the molecule is Cn1c(=O)ccn(CCc2ccc(F)cc2)c1=O. The van der Waals surface area contributed by atoms with Crippen molar-refractivity contribution < 1.29 is 4.39 Å². The summed E-state index contributed by atoms with van der Waals surface area (Å²) in [7, 11) is 1.44. The number of nitrogens with zero attached hydrogens (tertiary/aromatic N) is 2. The summed E-state index contributed by atoms with van der Waals surface area (Å²) < 4.78 is 15.2.